The molecule has 0 atom stereocenters. The largest absolute Gasteiger partial charge is 0.478 e. The average molecular weight is 199 g/mol. The summed E-state index contributed by atoms with van der Waals surface area (Å²) < 4.78 is 13.2. The van der Waals surface area contributed by atoms with Gasteiger partial charge in [0, 0.05) is 6.07 Å². The van der Waals surface area contributed by atoms with Crippen molar-refractivity contribution in [1.82, 2.24) is 0 Å². The average Bonchev–Trinajstić information content (AvgIpc) is 2.08. The number of hydrogen-bond acceptors (Lipinski definition) is 3. The predicted molar refractivity (Wildman–Crippen MR) is 44.8 cm³/mol. The van der Waals surface area contributed by atoms with Crippen LogP contribution in [0, 0.1) is 22.9 Å². The second-order valence-electron chi connectivity index (χ2n) is 2.63. The van der Waals surface area contributed by atoms with E-state index in [-0.39, 0.29) is 5.56 Å². The summed E-state index contributed by atoms with van der Waals surface area (Å²) in [6.45, 7) is 1.17. The lowest BCUT2D eigenvalue weighted by molar-refractivity contribution is -0.385. The van der Waals surface area contributed by atoms with Gasteiger partial charge in [-0.2, -0.15) is 0 Å². The van der Waals surface area contributed by atoms with Crippen LogP contribution in [0.25, 0.3) is 0 Å². The van der Waals surface area contributed by atoms with Gasteiger partial charge in [0.1, 0.15) is 5.82 Å². The quantitative estimate of drug-likeness (QED) is 0.581. The van der Waals surface area contributed by atoms with Crippen LogP contribution in [-0.2, 0) is 0 Å². The van der Waals surface area contributed by atoms with E-state index in [1.807, 2.05) is 0 Å². The van der Waals surface area contributed by atoms with E-state index in [2.05, 4.69) is 0 Å². The highest BCUT2D eigenvalue weighted by Crippen LogP contribution is 2.22. The summed E-state index contributed by atoms with van der Waals surface area (Å²) in [6, 6.07) is 1.85. The highest BCUT2D eigenvalue weighted by molar-refractivity contribution is 5.88. The van der Waals surface area contributed by atoms with Crippen molar-refractivity contribution in [2.75, 3.05) is 0 Å². The third-order valence-corrected chi connectivity index (χ3v) is 1.78. The molecule has 0 spiro atoms. The molecule has 74 valence electrons. The van der Waals surface area contributed by atoms with E-state index >= 15 is 0 Å². The molecule has 0 bridgehead atoms. The van der Waals surface area contributed by atoms with Crippen LogP contribution in [0.15, 0.2) is 12.1 Å². The number of halogens is 1. The maximum atomic E-state index is 13.2. The van der Waals surface area contributed by atoms with Crippen LogP contribution in [0.5, 0.6) is 0 Å². The van der Waals surface area contributed by atoms with E-state index in [0.29, 0.717) is 0 Å². The Morgan fingerprint density at radius 1 is 1.57 bits per heavy atom. The van der Waals surface area contributed by atoms with E-state index < -0.39 is 28.0 Å². The van der Waals surface area contributed by atoms with Crippen LogP contribution in [0.4, 0.5) is 10.1 Å². The summed E-state index contributed by atoms with van der Waals surface area (Å²) in [5, 5.41) is 18.9. The Morgan fingerprint density at radius 2 is 2.14 bits per heavy atom. The molecule has 0 heterocycles. The Hall–Kier alpha value is -1.98. The summed E-state index contributed by atoms with van der Waals surface area (Å²) in [7, 11) is 0. The molecule has 0 aliphatic rings. The van der Waals surface area contributed by atoms with E-state index in [1.165, 1.54) is 6.92 Å². The van der Waals surface area contributed by atoms with Gasteiger partial charge in [-0.05, 0) is 13.0 Å². The summed E-state index contributed by atoms with van der Waals surface area (Å²) in [6.07, 6.45) is 0. The standard InChI is InChI=1S/C8H6FNO4/c1-4-6(10(13)14)3-2-5(7(4)9)8(11)12/h2-3H,1H3,(H,11,12). The zero-order valence-corrected chi connectivity index (χ0v) is 7.15. The van der Waals surface area contributed by atoms with Crippen molar-refractivity contribution in [1.29, 1.82) is 0 Å². The van der Waals surface area contributed by atoms with Crippen molar-refractivity contribution >= 4 is 11.7 Å². The Morgan fingerprint density at radius 3 is 2.57 bits per heavy atom. The minimum absolute atomic E-state index is 0.269. The molecule has 14 heavy (non-hydrogen) atoms. The van der Waals surface area contributed by atoms with Crippen LogP contribution in [0.3, 0.4) is 0 Å². The van der Waals surface area contributed by atoms with Gasteiger partial charge < -0.3 is 5.11 Å². The Kier molecular flexibility index (Phi) is 2.46. The highest BCUT2D eigenvalue weighted by Gasteiger charge is 2.20. The van der Waals surface area contributed by atoms with Crippen molar-refractivity contribution in [3.8, 4) is 0 Å². The number of carboxylic acids is 1. The van der Waals surface area contributed by atoms with Crippen LogP contribution >= 0.6 is 0 Å². The lowest BCUT2D eigenvalue weighted by Crippen LogP contribution is -2.04. The second-order valence-corrected chi connectivity index (χ2v) is 2.63. The van der Waals surface area contributed by atoms with Gasteiger partial charge >= 0.3 is 5.97 Å². The van der Waals surface area contributed by atoms with Crippen LogP contribution in [-0.4, -0.2) is 16.0 Å². The third-order valence-electron chi connectivity index (χ3n) is 1.78. The Balaban J connectivity index is 3.41. The summed E-state index contributed by atoms with van der Waals surface area (Å²) in [5.41, 5.74) is -1.25. The first-order chi connectivity index (χ1) is 6.45. The molecule has 0 amide bonds. The normalized spacial score (nSPS) is 9.86. The smallest absolute Gasteiger partial charge is 0.338 e. The van der Waals surface area contributed by atoms with E-state index in [1.54, 1.807) is 0 Å². The third kappa shape index (κ3) is 1.54. The maximum absolute atomic E-state index is 13.2. The van der Waals surface area contributed by atoms with Gasteiger partial charge in [-0.3, -0.25) is 10.1 Å². The monoisotopic (exact) mass is 199 g/mol. The minimum Gasteiger partial charge on any atom is -0.478 e. The maximum Gasteiger partial charge on any atom is 0.338 e. The molecular formula is C8H6FNO4. The van der Waals surface area contributed by atoms with Crippen molar-refractivity contribution in [3.05, 3.63) is 39.2 Å². The molecule has 5 nitrogen and oxygen atoms in total. The lowest BCUT2D eigenvalue weighted by Gasteiger charge is -2.01. The van der Waals surface area contributed by atoms with Crippen molar-refractivity contribution in [2.24, 2.45) is 0 Å². The molecule has 0 radical (unpaired) electrons. The number of carboxylic acid groups (broad SMARTS) is 1. The fourth-order valence-corrected chi connectivity index (χ4v) is 1.04. The van der Waals surface area contributed by atoms with Gasteiger partial charge in [0.25, 0.3) is 5.69 Å². The van der Waals surface area contributed by atoms with Gasteiger partial charge in [0.05, 0.1) is 16.1 Å². The summed E-state index contributed by atoms with van der Waals surface area (Å²) in [4.78, 5) is 20.0. The zero-order valence-electron chi connectivity index (χ0n) is 7.15. The molecule has 0 saturated carbocycles. The molecule has 0 saturated heterocycles. The topological polar surface area (TPSA) is 80.4 Å². The number of carbonyl (C=O) groups is 1. The van der Waals surface area contributed by atoms with Gasteiger partial charge in [-0.15, -0.1) is 0 Å². The van der Waals surface area contributed by atoms with Crippen molar-refractivity contribution in [2.45, 2.75) is 6.92 Å². The summed E-state index contributed by atoms with van der Waals surface area (Å²) in [5.74, 6) is -2.51. The number of nitrogens with zero attached hydrogens (tertiary/aromatic N) is 1. The molecule has 0 unspecified atom stereocenters. The molecule has 6 heteroatoms. The molecule has 1 aromatic carbocycles. The lowest BCUT2D eigenvalue weighted by atomic mass is 10.1. The highest BCUT2D eigenvalue weighted by atomic mass is 19.1. The first-order valence-electron chi connectivity index (χ1n) is 3.62. The number of rotatable bonds is 2. The van der Waals surface area contributed by atoms with Crippen LogP contribution < -0.4 is 0 Å². The van der Waals surface area contributed by atoms with Crippen molar-refractivity contribution in [3.63, 3.8) is 0 Å². The molecular weight excluding hydrogens is 193 g/mol. The molecule has 0 aliphatic heterocycles. The van der Waals surface area contributed by atoms with E-state index in [9.17, 15) is 19.3 Å². The molecule has 1 aromatic rings. The SMILES string of the molecule is Cc1c([N+](=O)[O-])ccc(C(=O)O)c1F. The second kappa shape index (κ2) is 3.41. The van der Waals surface area contributed by atoms with Crippen LogP contribution in [0.1, 0.15) is 15.9 Å². The molecule has 0 fully saturated rings. The summed E-state index contributed by atoms with van der Waals surface area (Å²) >= 11 is 0. The van der Waals surface area contributed by atoms with Gasteiger partial charge in [0.15, 0.2) is 0 Å². The zero-order chi connectivity index (χ0) is 10.9. The van der Waals surface area contributed by atoms with Gasteiger partial charge in [0.2, 0.25) is 0 Å². The van der Waals surface area contributed by atoms with Crippen LogP contribution in [0.2, 0.25) is 0 Å². The number of nitro groups is 1. The first kappa shape index (κ1) is 10.1. The fourth-order valence-electron chi connectivity index (χ4n) is 1.04. The number of nitro benzene ring substituents is 1. The first-order valence-corrected chi connectivity index (χ1v) is 3.62. The number of hydrogen-bond donors (Lipinski definition) is 1. The minimum atomic E-state index is -1.44. The van der Waals surface area contributed by atoms with E-state index in [0.717, 1.165) is 12.1 Å². The number of aromatic carboxylic acids is 1. The molecule has 1 N–H and O–H groups in total. The number of benzene rings is 1. The van der Waals surface area contributed by atoms with Gasteiger partial charge in [-0.25, -0.2) is 9.18 Å². The predicted octanol–water partition coefficient (Wildman–Crippen LogP) is 1.74. The Bertz CT molecular complexity index is 377. The molecule has 1 rings (SSSR count). The van der Waals surface area contributed by atoms with Crippen molar-refractivity contribution < 1.29 is 19.2 Å². The Labute approximate surface area is 77.9 Å². The van der Waals surface area contributed by atoms with Gasteiger partial charge in [-0.1, -0.05) is 0 Å². The molecule has 0 aromatic heterocycles. The molecule has 0 aliphatic carbocycles. The van der Waals surface area contributed by atoms with E-state index in [4.69, 9.17) is 5.11 Å². The fraction of sp³-hybridized carbons (Fsp3) is 0.125.